The zero-order valence-electron chi connectivity index (χ0n) is 18.1. The zero-order chi connectivity index (χ0) is 23.8. The van der Waals surface area contributed by atoms with Gasteiger partial charge in [0.05, 0.1) is 12.5 Å². The molecular formula is C24H23N3O7. The first-order valence-electron chi connectivity index (χ1n) is 11.0. The Morgan fingerprint density at radius 1 is 1.09 bits per heavy atom. The third-order valence-electron chi connectivity index (χ3n) is 6.44. The fraction of sp³-hybridized carbons (Fsp3) is 0.333. The number of carbonyl (C=O) groups excluding carboxylic acids is 3. The van der Waals surface area contributed by atoms with Crippen molar-refractivity contribution in [2.24, 2.45) is 0 Å². The number of nitrogens with zero attached hydrogens (tertiary/aromatic N) is 1. The summed E-state index contributed by atoms with van der Waals surface area (Å²) in [5, 5.41) is 12.7. The Bertz CT molecular complexity index is 1120. The van der Waals surface area contributed by atoms with Gasteiger partial charge in [0.2, 0.25) is 5.91 Å². The van der Waals surface area contributed by atoms with Crippen molar-refractivity contribution >= 4 is 23.9 Å². The summed E-state index contributed by atoms with van der Waals surface area (Å²) in [4.78, 5) is 48.5. The predicted octanol–water partition coefficient (Wildman–Crippen LogP) is 1.40. The smallest absolute Gasteiger partial charge is 0.407 e. The molecule has 176 valence electrons. The summed E-state index contributed by atoms with van der Waals surface area (Å²) in [7, 11) is 0. The molecule has 3 unspecified atom stereocenters. The van der Waals surface area contributed by atoms with Crippen LogP contribution in [0.1, 0.15) is 29.9 Å². The molecule has 0 spiro atoms. The van der Waals surface area contributed by atoms with Crippen LogP contribution in [0.4, 0.5) is 4.79 Å². The van der Waals surface area contributed by atoms with E-state index < -0.39 is 42.1 Å². The summed E-state index contributed by atoms with van der Waals surface area (Å²) in [5.74, 6) is -2.70. The maximum Gasteiger partial charge on any atom is 0.407 e. The SMILES string of the molecule is O=C1CC(C(=O)O)N(C(=O)C2OCCC2NC(=O)OCC2c3ccccc3-c3ccccc32)N1. The lowest BCUT2D eigenvalue weighted by Gasteiger charge is -2.26. The second-order valence-corrected chi connectivity index (χ2v) is 8.46. The number of carboxylic acids is 1. The molecule has 0 saturated carbocycles. The molecule has 2 aliphatic heterocycles. The lowest BCUT2D eigenvalue weighted by Crippen LogP contribution is -2.55. The van der Waals surface area contributed by atoms with Crippen molar-refractivity contribution in [2.75, 3.05) is 13.2 Å². The number of carbonyl (C=O) groups is 4. The Labute approximate surface area is 194 Å². The number of alkyl carbamates (subject to hydrolysis) is 1. The van der Waals surface area contributed by atoms with Gasteiger partial charge in [-0.25, -0.2) is 14.6 Å². The molecule has 10 heteroatoms. The summed E-state index contributed by atoms with van der Waals surface area (Å²) >= 11 is 0. The van der Waals surface area contributed by atoms with E-state index in [4.69, 9.17) is 9.47 Å². The molecule has 3 N–H and O–H groups in total. The van der Waals surface area contributed by atoms with E-state index in [0.29, 0.717) is 6.42 Å². The van der Waals surface area contributed by atoms with Gasteiger partial charge in [-0.2, -0.15) is 0 Å². The molecule has 3 atom stereocenters. The number of aliphatic carboxylic acids is 1. The maximum absolute atomic E-state index is 12.9. The highest BCUT2D eigenvalue weighted by Gasteiger charge is 2.46. The Kier molecular flexibility index (Phi) is 5.66. The van der Waals surface area contributed by atoms with Gasteiger partial charge in [-0.05, 0) is 28.7 Å². The molecule has 0 radical (unpaired) electrons. The largest absolute Gasteiger partial charge is 0.480 e. The standard InChI is InChI=1S/C24H23N3O7/c28-20-11-19(23(30)31)27(26-20)22(29)21-18(9-10-33-21)25-24(32)34-12-17-15-7-3-1-5-13(15)14-6-2-4-8-16(14)17/h1-8,17-19,21H,9-12H2,(H,25,32)(H,26,28)(H,30,31). The van der Waals surface area contributed by atoms with E-state index in [1.807, 2.05) is 48.5 Å². The number of rotatable bonds is 5. The topological polar surface area (TPSA) is 134 Å². The van der Waals surface area contributed by atoms with Crippen molar-refractivity contribution in [1.29, 1.82) is 0 Å². The highest BCUT2D eigenvalue weighted by molar-refractivity contribution is 5.95. The first kappa shape index (κ1) is 21.9. The average molecular weight is 465 g/mol. The van der Waals surface area contributed by atoms with Crippen molar-refractivity contribution in [3.05, 3.63) is 59.7 Å². The molecule has 2 saturated heterocycles. The van der Waals surface area contributed by atoms with Gasteiger partial charge >= 0.3 is 12.1 Å². The number of hydrazine groups is 1. The van der Waals surface area contributed by atoms with Crippen LogP contribution >= 0.6 is 0 Å². The van der Waals surface area contributed by atoms with Crippen LogP contribution in [0.15, 0.2) is 48.5 Å². The molecule has 5 rings (SSSR count). The molecule has 2 fully saturated rings. The number of hydrogen-bond donors (Lipinski definition) is 3. The Morgan fingerprint density at radius 2 is 1.74 bits per heavy atom. The fourth-order valence-corrected chi connectivity index (χ4v) is 4.84. The lowest BCUT2D eigenvalue weighted by atomic mass is 9.98. The van der Waals surface area contributed by atoms with Crippen molar-refractivity contribution in [1.82, 2.24) is 15.8 Å². The minimum atomic E-state index is -1.32. The molecular weight excluding hydrogens is 442 g/mol. The average Bonchev–Trinajstić information content (AvgIpc) is 3.53. The molecule has 1 aliphatic carbocycles. The van der Waals surface area contributed by atoms with Gasteiger partial charge in [-0.15, -0.1) is 0 Å². The van der Waals surface area contributed by atoms with Crippen molar-refractivity contribution in [2.45, 2.75) is 36.9 Å². The minimum absolute atomic E-state index is 0.105. The predicted molar refractivity (Wildman–Crippen MR) is 117 cm³/mol. The van der Waals surface area contributed by atoms with Crippen LogP contribution in [0, 0.1) is 0 Å². The summed E-state index contributed by atoms with van der Waals surface area (Å²) in [6.07, 6.45) is -1.81. The summed E-state index contributed by atoms with van der Waals surface area (Å²) in [5.41, 5.74) is 6.65. The van der Waals surface area contributed by atoms with Gasteiger partial charge in [-0.3, -0.25) is 15.0 Å². The van der Waals surface area contributed by atoms with Crippen LogP contribution in [0.2, 0.25) is 0 Å². The Morgan fingerprint density at radius 3 is 2.38 bits per heavy atom. The number of amides is 3. The van der Waals surface area contributed by atoms with Crippen LogP contribution in [-0.4, -0.2) is 65.4 Å². The zero-order valence-corrected chi connectivity index (χ0v) is 18.1. The van der Waals surface area contributed by atoms with Crippen molar-refractivity contribution in [3.8, 4) is 11.1 Å². The first-order valence-corrected chi connectivity index (χ1v) is 11.0. The number of ether oxygens (including phenoxy) is 2. The second kappa shape index (κ2) is 8.79. The summed E-state index contributed by atoms with van der Waals surface area (Å²) in [6.45, 7) is 0.319. The summed E-state index contributed by atoms with van der Waals surface area (Å²) < 4.78 is 11.0. The molecule has 0 bridgehead atoms. The number of benzene rings is 2. The van der Waals surface area contributed by atoms with E-state index in [2.05, 4.69) is 10.7 Å². The first-order chi connectivity index (χ1) is 16.4. The van der Waals surface area contributed by atoms with E-state index in [0.717, 1.165) is 27.3 Å². The van der Waals surface area contributed by atoms with Crippen molar-refractivity contribution in [3.63, 3.8) is 0 Å². The van der Waals surface area contributed by atoms with Gasteiger partial charge < -0.3 is 19.9 Å². The van der Waals surface area contributed by atoms with E-state index in [1.54, 1.807) is 0 Å². The number of nitrogens with one attached hydrogen (secondary N) is 2. The van der Waals surface area contributed by atoms with Crippen LogP contribution < -0.4 is 10.7 Å². The van der Waals surface area contributed by atoms with E-state index in [9.17, 15) is 24.3 Å². The molecule has 3 aliphatic rings. The fourth-order valence-electron chi connectivity index (χ4n) is 4.84. The maximum atomic E-state index is 12.9. The van der Waals surface area contributed by atoms with Gasteiger partial charge in [0.15, 0.2) is 12.1 Å². The number of hydrogen-bond acceptors (Lipinski definition) is 6. The third kappa shape index (κ3) is 3.86. The lowest BCUT2D eigenvalue weighted by molar-refractivity contribution is -0.155. The number of carboxylic acid groups (broad SMARTS) is 1. The Balaban J connectivity index is 1.23. The Hall–Kier alpha value is -3.92. The van der Waals surface area contributed by atoms with Crippen LogP contribution in [0.3, 0.4) is 0 Å². The van der Waals surface area contributed by atoms with Gasteiger partial charge in [0.1, 0.15) is 6.61 Å². The summed E-state index contributed by atoms with van der Waals surface area (Å²) in [6, 6.07) is 13.9. The monoisotopic (exact) mass is 465 g/mol. The van der Waals surface area contributed by atoms with Gasteiger partial charge in [-0.1, -0.05) is 48.5 Å². The van der Waals surface area contributed by atoms with Crippen molar-refractivity contribution < 1.29 is 33.8 Å². The van der Waals surface area contributed by atoms with E-state index in [1.165, 1.54) is 0 Å². The highest BCUT2D eigenvalue weighted by atomic mass is 16.6. The molecule has 34 heavy (non-hydrogen) atoms. The minimum Gasteiger partial charge on any atom is -0.480 e. The van der Waals surface area contributed by atoms with E-state index >= 15 is 0 Å². The molecule has 2 aromatic carbocycles. The number of fused-ring (bicyclic) bond motifs is 3. The quantitative estimate of drug-likeness (QED) is 0.608. The normalized spacial score (nSPS) is 23.2. The third-order valence-corrected chi connectivity index (χ3v) is 6.44. The van der Waals surface area contributed by atoms with Crippen LogP contribution in [0.25, 0.3) is 11.1 Å². The highest BCUT2D eigenvalue weighted by Crippen LogP contribution is 2.44. The van der Waals surface area contributed by atoms with Crippen LogP contribution in [-0.2, 0) is 23.9 Å². The molecule has 2 aromatic rings. The van der Waals surface area contributed by atoms with Gasteiger partial charge in [0, 0.05) is 12.5 Å². The van der Waals surface area contributed by atoms with Gasteiger partial charge in [0.25, 0.3) is 5.91 Å². The molecule has 0 aromatic heterocycles. The molecule has 3 amide bonds. The van der Waals surface area contributed by atoms with Crippen LogP contribution in [0.5, 0.6) is 0 Å². The molecule has 2 heterocycles. The second-order valence-electron chi connectivity index (χ2n) is 8.46. The molecule has 10 nitrogen and oxygen atoms in total. The van der Waals surface area contributed by atoms with E-state index in [-0.39, 0.29) is 25.6 Å².